The summed E-state index contributed by atoms with van der Waals surface area (Å²) < 4.78 is 14.8. The highest BCUT2D eigenvalue weighted by atomic mass is 127. The Bertz CT molecular complexity index is 766. The third kappa shape index (κ3) is 6.63. The molecule has 7 heteroatoms. The Balaban J connectivity index is 0.00000235. The molecule has 0 aliphatic heterocycles. The maximum atomic E-state index is 12.6. The van der Waals surface area contributed by atoms with E-state index in [-0.39, 0.29) is 13.5 Å². The molecule has 6 nitrogen and oxygen atoms in total. The fourth-order valence-electron chi connectivity index (χ4n) is 2.76. The molecule has 1 aromatic heterocycles. The lowest BCUT2D eigenvalue weighted by atomic mass is 10.0. The standard InChI is InChI=1S/C18H26IN3O3.C2H6.CH4/c1-12-10-15(24-5)14(11-21(19)9-7-20)13-6-8-22(16(12)13)17(23)25-18(2,3)4;1-2;/h6,8,10H,7,9,11,20H2,1-5H3;1-2H3;1H4. The maximum Gasteiger partial charge on any atom is 0.419 e. The summed E-state index contributed by atoms with van der Waals surface area (Å²) in [6.07, 6.45) is 1.38. The predicted molar refractivity (Wildman–Crippen MR) is 126 cm³/mol. The van der Waals surface area contributed by atoms with Crippen molar-refractivity contribution in [1.82, 2.24) is 7.68 Å². The van der Waals surface area contributed by atoms with Gasteiger partial charge >= 0.3 is 6.09 Å². The molecule has 0 spiro atoms. The molecule has 2 aromatic rings. The van der Waals surface area contributed by atoms with Crippen molar-refractivity contribution in [3.63, 3.8) is 0 Å². The Labute approximate surface area is 183 Å². The van der Waals surface area contributed by atoms with Crippen LogP contribution in [-0.4, -0.2) is 39.6 Å². The zero-order chi connectivity index (χ0) is 20.8. The Morgan fingerprint density at radius 1 is 1.32 bits per heavy atom. The minimum atomic E-state index is -0.545. The summed E-state index contributed by atoms with van der Waals surface area (Å²) in [4.78, 5) is 12.6. The van der Waals surface area contributed by atoms with Crippen molar-refractivity contribution in [2.45, 2.75) is 61.1 Å². The fourth-order valence-corrected chi connectivity index (χ4v) is 3.38. The Morgan fingerprint density at radius 2 is 1.93 bits per heavy atom. The lowest BCUT2D eigenvalue weighted by molar-refractivity contribution is 0.0544. The highest BCUT2D eigenvalue weighted by Gasteiger charge is 2.22. The van der Waals surface area contributed by atoms with Gasteiger partial charge in [-0.1, -0.05) is 21.3 Å². The van der Waals surface area contributed by atoms with Crippen molar-refractivity contribution in [2.75, 3.05) is 20.2 Å². The first-order chi connectivity index (χ1) is 12.7. The van der Waals surface area contributed by atoms with E-state index >= 15 is 0 Å². The van der Waals surface area contributed by atoms with Crippen molar-refractivity contribution < 1.29 is 14.3 Å². The van der Waals surface area contributed by atoms with E-state index in [1.54, 1.807) is 17.9 Å². The lowest BCUT2D eigenvalue weighted by Crippen LogP contribution is -2.26. The summed E-state index contributed by atoms with van der Waals surface area (Å²) in [6.45, 7) is 13.6. The van der Waals surface area contributed by atoms with Crippen LogP contribution in [0, 0.1) is 6.92 Å². The number of nitrogens with two attached hydrogens (primary N) is 1. The number of hydrogen-bond donors (Lipinski definition) is 1. The van der Waals surface area contributed by atoms with E-state index in [0.717, 1.165) is 34.3 Å². The molecule has 0 radical (unpaired) electrons. The molecule has 1 heterocycles. The van der Waals surface area contributed by atoms with E-state index in [2.05, 4.69) is 26.0 Å². The number of aryl methyl sites for hydroxylation is 1. The Hall–Kier alpha value is -1.32. The van der Waals surface area contributed by atoms with Gasteiger partial charge in [0.1, 0.15) is 11.4 Å². The van der Waals surface area contributed by atoms with Crippen LogP contribution in [0.2, 0.25) is 0 Å². The van der Waals surface area contributed by atoms with Crippen LogP contribution in [-0.2, 0) is 11.3 Å². The van der Waals surface area contributed by atoms with Crippen molar-refractivity contribution in [3.05, 3.63) is 29.5 Å². The first kappa shape index (κ1) is 26.7. The molecular formula is C21H36IN3O3. The molecule has 0 saturated heterocycles. The van der Waals surface area contributed by atoms with Gasteiger partial charge in [0.05, 0.1) is 12.6 Å². The predicted octanol–water partition coefficient (Wildman–Crippen LogP) is 5.51. The van der Waals surface area contributed by atoms with Gasteiger partial charge in [-0.2, -0.15) is 0 Å². The number of ether oxygens (including phenoxy) is 2. The van der Waals surface area contributed by atoms with E-state index in [0.29, 0.717) is 13.1 Å². The molecule has 0 amide bonds. The van der Waals surface area contributed by atoms with Gasteiger partial charge in [-0.25, -0.2) is 7.91 Å². The number of rotatable bonds is 5. The van der Waals surface area contributed by atoms with Gasteiger partial charge in [0, 0.05) is 59.6 Å². The average Bonchev–Trinajstić information content (AvgIpc) is 3.03. The second kappa shape index (κ2) is 11.6. The molecule has 0 aliphatic rings. The van der Waals surface area contributed by atoms with E-state index in [1.165, 1.54) is 0 Å². The van der Waals surface area contributed by atoms with E-state index in [1.807, 2.05) is 53.7 Å². The second-order valence-electron chi connectivity index (χ2n) is 6.94. The lowest BCUT2D eigenvalue weighted by Gasteiger charge is -2.21. The number of halogens is 1. The molecule has 0 unspecified atom stereocenters. The van der Waals surface area contributed by atoms with Gasteiger partial charge < -0.3 is 15.2 Å². The van der Waals surface area contributed by atoms with Crippen LogP contribution in [0.3, 0.4) is 0 Å². The summed E-state index contributed by atoms with van der Waals surface area (Å²) in [7, 11) is 1.66. The summed E-state index contributed by atoms with van der Waals surface area (Å²) >= 11 is 2.26. The number of carbonyl (C=O) groups excluding carboxylic acids is 1. The van der Waals surface area contributed by atoms with Crippen LogP contribution >= 0.6 is 22.9 Å². The number of carbonyl (C=O) groups is 1. The van der Waals surface area contributed by atoms with Crippen molar-refractivity contribution in [1.29, 1.82) is 0 Å². The molecule has 2 N–H and O–H groups in total. The van der Waals surface area contributed by atoms with Crippen LogP contribution < -0.4 is 10.5 Å². The smallest absolute Gasteiger partial charge is 0.419 e. The van der Waals surface area contributed by atoms with E-state index in [4.69, 9.17) is 15.2 Å². The molecule has 2 rings (SSSR count). The Morgan fingerprint density at radius 3 is 2.43 bits per heavy atom. The molecule has 28 heavy (non-hydrogen) atoms. The summed E-state index contributed by atoms with van der Waals surface area (Å²) in [5.41, 5.74) is 7.95. The van der Waals surface area contributed by atoms with E-state index < -0.39 is 5.60 Å². The quantitative estimate of drug-likeness (QED) is 0.429. The van der Waals surface area contributed by atoms with Crippen molar-refractivity contribution >= 4 is 39.9 Å². The molecule has 160 valence electrons. The van der Waals surface area contributed by atoms with Crippen molar-refractivity contribution in [2.24, 2.45) is 5.73 Å². The third-order valence-electron chi connectivity index (χ3n) is 3.74. The number of aromatic nitrogens is 1. The topological polar surface area (TPSA) is 69.7 Å². The first-order valence-electron chi connectivity index (χ1n) is 9.19. The number of benzene rings is 1. The van der Waals surface area contributed by atoms with Crippen LogP contribution in [0.4, 0.5) is 4.79 Å². The summed E-state index contributed by atoms with van der Waals surface area (Å²) in [5.74, 6) is 0.811. The summed E-state index contributed by atoms with van der Waals surface area (Å²) in [6, 6.07) is 3.91. The largest absolute Gasteiger partial charge is 0.496 e. The molecule has 0 saturated carbocycles. The zero-order valence-electron chi connectivity index (χ0n) is 17.4. The van der Waals surface area contributed by atoms with Crippen LogP contribution in [0.25, 0.3) is 10.9 Å². The van der Waals surface area contributed by atoms with Gasteiger partial charge in [-0.05, 0) is 45.4 Å². The Kier molecular flexibility index (Phi) is 11.1. The number of nitrogens with zero attached hydrogens (tertiary/aromatic N) is 2. The highest BCUT2D eigenvalue weighted by molar-refractivity contribution is 14.1. The van der Waals surface area contributed by atoms with Gasteiger partial charge in [0.2, 0.25) is 0 Å². The number of methoxy groups -OCH3 is 1. The molecule has 0 aliphatic carbocycles. The summed E-state index contributed by atoms with van der Waals surface area (Å²) in [5, 5.41) is 0.987. The molecule has 1 aromatic carbocycles. The second-order valence-corrected chi connectivity index (χ2v) is 8.30. The minimum Gasteiger partial charge on any atom is -0.496 e. The molecular weight excluding hydrogens is 469 g/mol. The molecule has 0 atom stereocenters. The van der Waals surface area contributed by atoms with Gasteiger partial charge in [0.15, 0.2) is 0 Å². The van der Waals surface area contributed by atoms with Crippen molar-refractivity contribution in [3.8, 4) is 5.75 Å². The molecule has 0 bridgehead atoms. The highest BCUT2D eigenvalue weighted by Crippen LogP contribution is 2.33. The van der Waals surface area contributed by atoms with Gasteiger partial charge in [0.25, 0.3) is 0 Å². The normalized spacial score (nSPS) is 10.9. The number of hydrogen-bond acceptors (Lipinski definition) is 5. The van der Waals surface area contributed by atoms with Gasteiger partial charge in [-0.3, -0.25) is 4.57 Å². The van der Waals surface area contributed by atoms with Crippen LogP contribution in [0.1, 0.15) is 53.2 Å². The SMILES string of the molecule is C.CC.COc1cc(C)c2c(ccn2C(=O)OC(C)(C)C)c1CN(I)CCN. The van der Waals surface area contributed by atoms with Crippen LogP contribution in [0.15, 0.2) is 18.3 Å². The first-order valence-corrected chi connectivity index (χ1v) is 10.2. The average molecular weight is 505 g/mol. The fraction of sp³-hybridized carbons (Fsp3) is 0.571. The maximum absolute atomic E-state index is 12.6. The zero-order valence-corrected chi connectivity index (χ0v) is 19.6. The third-order valence-corrected chi connectivity index (χ3v) is 4.57. The van der Waals surface area contributed by atoms with Crippen LogP contribution in [0.5, 0.6) is 5.75 Å². The number of fused-ring (bicyclic) bond motifs is 1. The minimum absolute atomic E-state index is 0. The van der Waals surface area contributed by atoms with E-state index in [9.17, 15) is 4.79 Å². The molecule has 0 fully saturated rings. The monoisotopic (exact) mass is 505 g/mol. The van der Waals surface area contributed by atoms with Gasteiger partial charge in [-0.15, -0.1) is 0 Å².